The van der Waals surface area contributed by atoms with Crippen LogP contribution >= 0.6 is 0 Å². The van der Waals surface area contributed by atoms with Gasteiger partial charge in [-0.3, -0.25) is 20.4 Å². The topological polar surface area (TPSA) is 58.2 Å². The second-order valence-electron chi connectivity index (χ2n) is 6.42. The minimum absolute atomic E-state index is 0.351. The maximum Gasteiger partial charge on any atom is 0.269 e. The number of carbonyl (C=O) groups is 2. The van der Waals surface area contributed by atoms with Crippen molar-refractivity contribution in [1.29, 1.82) is 0 Å². The third-order valence-electron chi connectivity index (χ3n) is 4.19. The van der Waals surface area contributed by atoms with E-state index in [1.165, 1.54) is 0 Å². The normalized spacial score (nSPS) is 9.79. The summed E-state index contributed by atoms with van der Waals surface area (Å²) < 4.78 is 0. The molecule has 0 aliphatic carbocycles. The van der Waals surface area contributed by atoms with E-state index in [1.54, 1.807) is 30.3 Å². The molecular weight excluding hydrogens is 348 g/mol. The van der Waals surface area contributed by atoms with Gasteiger partial charge in [-0.15, -0.1) is 0 Å². The molecule has 0 aliphatic rings. The molecule has 2 N–H and O–H groups in total. The lowest BCUT2D eigenvalue weighted by molar-refractivity contribution is 0.0846. The Hall–Kier alpha value is -3.84. The van der Waals surface area contributed by atoms with E-state index in [9.17, 15) is 9.59 Å². The molecule has 0 unspecified atom stereocenters. The van der Waals surface area contributed by atoms with Crippen LogP contribution in [0.1, 0.15) is 43.0 Å². The van der Waals surface area contributed by atoms with E-state index in [4.69, 9.17) is 0 Å². The number of nitrogens with one attached hydrogen (secondary N) is 2. The Labute approximate surface area is 164 Å². The van der Waals surface area contributed by atoms with Crippen LogP contribution in [0.4, 0.5) is 0 Å². The smallest absolute Gasteiger partial charge is 0.267 e. The van der Waals surface area contributed by atoms with E-state index < -0.39 is 0 Å². The van der Waals surface area contributed by atoms with Crippen LogP contribution in [0.3, 0.4) is 0 Å². The van der Waals surface area contributed by atoms with Gasteiger partial charge in [0, 0.05) is 22.3 Å². The van der Waals surface area contributed by atoms with Crippen LogP contribution in [0.15, 0.2) is 72.8 Å². The summed E-state index contributed by atoms with van der Waals surface area (Å²) in [4.78, 5) is 24.5. The first-order chi connectivity index (χ1) is 13.5. The fourth-order valence-electron chi connectivity index (χ4n) is 2.69. The third kappa shape index (κ3) is 4.87. The van der Waals surface area contributed by atoms with Crippen molar-refractivity contribution in [2.24, 2.45) is 0 Å². The number of benzene rings is 3. The summed E-state index contributed by atoms with van der Waals surface area (Å²) in [6.07, 6.45) is 0. The summed E-state index contributed by atoms with van der Waals surface area (Å²) in [6.45, 7) is 3.82. The molecule has 0 spiro atoms. The number of rotatable bonds is 2. The highest BCUT2D eigenvalue weighted by atomic mass is 16.2. The molecule has 0 aromatic heterocycles. The Morgan fingerprint density at radius 3 is 1.96 bits per heavy atom. The molecule has 0 saturated heterocycles. The van der Waals surface area contributed by atoms with Crippen molar-refractivity contribution in [3.05, 3.63) is 106 Å². The highest BCUT2D eigenvalue weighted by molar-refractivity contribution is 5.99. The van der Waals surface area contributed by atoms with Crippen LogP contribution in [0, 0.1) is 25.7 Å². The van der Waals surface area contributed by atoms with E-state index in [0.29, 0.717) is 11.1 Å². The van der Waals surface area contributed by atoms with Gasteiger partial charge in [0.05, 0.1) is 0 Å². The predicted octanol–water partition coefficient (Wildman–Crippen LogP) is 3.78. The van der Waals surface area contributed by atoms with E-state index in [-0.39, 0.29) is 11.8 Å². The largest absolute Gasteiger partial charge is 0.269 e. The summed E-state index contributed by atoms with van der Waals surface area (Å²) in [7, 11) is 0. The molecule has 4 nitrogen and oxygen atoms in total. The molecule has 0 bridgehead atoms. The second-order valence-corrected chi connectivity index (χ2v) is 6.42. The Kier molecular flexibility index (Phi) is 5.88. The fourth-order valence-corrected chi connectivity index (χ4v) is 2.69. The van der Waals surface area contributed by atoms with Crippen molar-refractivity contribution in [3.63, 3.8) is 0 Å². The second kappa shape index (κ2) is 8.70. The first-order valence-electron chi connectivity index (χ1n) is 8.88. The monoisotopic (exact) mass is 368 g/mol. The van der Waals surface area contributed by atoms with Gasteiger partial charge in [-0.2, -0.15) is 0 Å². The van der Waals surface area contributed by atoms with Crippen LogP contribution in [0.25, 0.3) is 0 Å². The summed E-state index contributed by atoms with van der Waals surface area (Å²) in [5.74, 6) is 5.39. The van der Waals surface area contributed by atoms with E-state index in [1.807, 2.05) is 56.3 Å². The van der Waals surface area contributed by atoms with Gasteiger partial charge >= 0.3 is 0 Å². The maximum absolute atomic E-state index is 12.2. The lowest BCUT2D eigenvalue weighted by Gasteiger charge is -2.10. The molecule has 28 heavy (non-hydrogen) atoms. The first kappa shape index (κ1) is 18.9. The molecule has 0 saturated carbocycles. The van der Waals surface area contributed by atoms with Crippen molar-refractivity contribution in [2.75, 3.05) is 0 Å². The first-order valence-corrected chi connectivity index (χ1v) is 8.88. The van der Waals surface area contributed by atoms with Gasteiger partial charge in [-0.25, -0.2) is 0 Å². The van der Waals surface area contributed by atoms with Crippen molar-refractivity contribution in [3.8, 4) is 11.8 Å². The zero-order valence-corrected chi connectivity index (χ0v) is 15.7. The molecule has 2 amide bonds. The average molecular weight is 368 g/mol. The van der Waals surface area contributed by atoms with Crippen molar-refractivity contribution in [2.45, 2.75) is 13.8 Å². The number of amides is 2. The summed E-state index contributed by atoms with van der Waals surface area (Å²) in [5, 5.41) is 0. The molecule has 3 aromatic rings. The zero-order valence-electron chi connectivity index (χ0n) is 15.7. The van der Waals surface area contributed by atoms with Gasteiger partial charge in [-0.05, 0) is 61.9 Å². The highest BCUT2D eigenvalue weighted by Gasteiger charge is 2.11. The van der Waals surface area contributed by atoms with Crippen LogP contribution in [-0.4, -0.2) is 11.8 Å². The van der Waals surface area contributed by atoms with Crippen molar-refractivity contribution < 1.29 is 9.59 Å². The van der Waals surface area contributed by atoms with Gasteiger partial charge in [0.1, 0.15) is 0 Å². The minimum Gasteiger partial charge on any atom is -0.267 e. The lowest BCUT2D eigenvalue weighted by Crippen LogP contribution is -2.41. The van der Waals surface area contributed by atoms with Gasteiger partial charge in [0.2, 0.25) is 0 Å². The average Bonchev–Trinajstić information content (AvgIpc) is 2.71. The molecule has 3 aromatic carbocycles. The van der Waals surface area contributed by atoms with E-state index in [0.717, 1.165) is 22.3 Å². The van der Waals surface area contributed by atoms with Crippen LogP contribution in [0.5, 0.6) is 0 Å². The van der Waals surface area contributed by atoms with Crippen LogP contribution in [-0.2, 0) is 0 Å². The molecule has 0 atom stereocenters. The third-order valence-corrected chi connectivity index (χ3v) is 4.19. The Morgan fingerprint density at radius 2 is 1.32 bits per heavy atom. The fraction of sp³-hybridized carbons (Fsp3) is 0.0833. The van der Waals surface area contributed by atoms with Crippen LogP contribution in [0.2, 0.25) is 0 Å². The molecule has 4 heteroatoms. The molecule has 138 valence electrons. The van der Waals surface area contributed by atoms with Crippen molar-refractivity contribution in [1.82, 2.24) is 10.9 Å². The minimum atomic E-state index is -0.388. The Morgan fingerprint density at radius 1 is 0.714 bits per heavy atom. The van der Waals surface area contributed by atoms with E-state index >= 15 is 0 Å². The zero-order chi connectivity index (χ0) is 19.9. The molecular formula is C24H20N2O2. The van der Waals surface area contributed by atoms with Crippen LogP contribution < -0.4 is 10.9 Å². The number of hydrazine groups is 1. The molecule has 0 fully saturated rings. The van der Waals surface area contributed by atoms with Gasteiger partial charge in [0.15, 0.2) is 0 Å². The predicted molar refractivity (Wildman–Crippen MR) is 110 cm³/mol. The summed E-state index contributed by atoms with van der Waals surface area (Å²) in [6, 6.07) is 22.1. The number of hydrogen-bond acceptors (Lipinski definition) is 2. The summed E-state index contributed by atoms with van der Waals surface area (Å²) >= 11 is 0. The molecule has 0 aliphatic heterocycles. The number of hydrogen-bond donors (Lipinski definition) is 2. The molecule has 0 radical (unpaired) electrons. The Balaban J connectivity index is 1.60. The maximum atomic E-state index is 12.2. The number of carbonyl (C=O) groups excluding carboxylic acids is 2. The SMILES string of the molecule is Cc1ccc(C(=O)NNC(=O)c2ccc(C#Cc3ccccc3)cc2)c(C)c1. The van der Waals surface area contributed by atoms with E-state index in [2.05, 4.69) is 22.7 Å². The lowest BCUT2D eigenvalue weighted by atomic mass is 10.1. The highest BCUT2D eigenvalue weighted by Crippen LogP contribution is 2.10. The molecule has 3 rings (SSSR count). The van der Waals surface area contributed by atoms with Gasteiger partial charge in [0.25, 0.3) is 11.8 Å². The van der Waals surface area contributed by atoms with Gasteiger partial charge < -0.3 is 0 Å². The Bertz CT molecular complexity index is 1060. The molecule has 0 heterocycles. The summed E-state index contributed by atoms with van der Waals surface area (Å²) in [5.41, 5.74) is 9.52. The number of aryl methyl sites for hydroxylation is 2. The standard InChI is InChI=1S/C24H20N2O2/c1-17-8-15-22(18(2)16-17)24(28)26-25-23(27)21-13-11-20(12-14-21)10-9-19-6-4-3-5-7-19/h3-8,11-16H,1-2H3,(H,25,27)(H,26,28). The quantitative estimate of drug-likeness (QED) is 0.534. The van der Waals surface area contributed by atoms with Crippen molar-refractivity contribution >= 4 is 11.8 Å². The van der Waals surface area contributed by atoms with Gasteiger partial charge in [-0.1, -0.05) is 47.7 Å².